The Morgan fingerprint density at radius 3 is 2.27 bits per heavy atom. The molecule has 0 radical (unpaired) electrons. The number of nitrogens with zero attached hydrogens (tertiary/aromatic N) is 1. The Kier molecular flexibility index (Phi) is 2.93. The molecule has 2 nitrogen and oxygen atoms in total. The molecule has 0 unspecified atom stereocenters. The molecule has 0 saturated carbocycles. The third kappa shape index (κ3) is 2.46. The summed E-state index contributed by atoms with van der Waals surface area (Å²) in [5.41, 5.74) is 2.11. The Hall–Kier alpha value is -0.680. The molecule has 0 bridgehead atoms. The molecule has 0 spiro atoms. The molecule has 2 rings (SSSR count). The fourth-order valence-corrected chi connectivity index (χ4v) is 1.72. The highest BCUT2D eigenvalue weighted by Crippen LogP contribution is 2.39. The van der Waals surface area contributed by atoms with Gasteiger partial charge in [0, 0.05) is 17.2 Å². The third-order valence-corrected chi connectivity index (χ3v) is 2.86. The van der Waals surface area contributed by atoms with Gasteiger partial charge in [-0.05, 0) is 31.9 Å². The predicted molar refractivity (Wildman–Crippen MR) is 62.6 cm³/mol. The minimum Gasteiger partial charge on any atom is -0.364 e. The molecular weight excluding hydrogens is 329 g/mol. The van der Waals surface area contributed by atoms with Gasteiger partial charge in [0.05, 0.1) is 0 Å². The predicted octanol–water partition coefficient (Wildman–Crippen LogP) is 4.21. The van der Waals surface area contributed by atoms with Gasteiger partial charge in [0.25, 0.3) is 0 Å². The van der Waals surface area contributed by atoms with Crippen LogP contribution in [0, 0.1) is 0 Å². The quantitative estimate of drug-likeness (QED) is 0.769. The topological polar surface area (TPSA) is 26.0 Å². The zero-order valence-corrected chi connectivity index (χ0v) is 10.6. The highest BCUT2D eigenvalue weighted by atomic mass is 79.9. The summed E-state index contributed by atoms with van der Waals surface area (Å²) in [6, 6.07) is 8.66. The van der Waals surface area contributed by atoms with Crippen molar-refractivity contribution in [3.05, 3.63) is 42.2 Å². The SMILES string of the molecule is FC(Br)(Br)c1ccc(-c2ccon2)cc1. The first-order valence-electron chi connectivity index (χ1n) is 4.15. The van der Waals surface area contributed by atoms with Crippen molar-refractivity contribution in [2.75, 3.05) is 0 Å². The lowest BCUT2D eigenvalue weighted by Crippen LogP contribution is -1.98. The van der Waals surface area contributed by atoms with E-state index < -0.39 is 3.49 Å². The van der Waals surface area contributed by atoms with E-state index in [2.05, 4.69) is 37.0 Å². The first kappa shape index (κ1) is 10.8. The van der Waals surface area contributed by atoms with Gasteiger partial charge >= 0.3 is 0 Å². The van der Waals surface area contributed by atoms with Gasteiger partial charge in [-0.1, -0.05) is 29.4 Å². The fraction of sp³-hybridized carbons (Fsp3) is 0.100. The zero-order valence-electron chi connectivity index (χ0n) is 7.45. The number of rotatable bonds is 2. The highest BCUT2D eigenvalue weighted by Gasteiger charge is 2.23. The van der Waals surface area contributed by atoms with Crippen LogP contribution in [0.5, 0.6) is 0 Å². The Balaban J connectivity index is 2.33. The lowest BCUT2D eigenvalue weighted by atomic mass is 10.1. The summed E-state index contributed by atoms with van der Waals surface area (Å²) in [5, 5.41) is 3.79. The number of hydrogen-bond donors (Lipinski definition) is 0. The second-order valence-corrected chi connectivity index (χ2v) is 6.21. The molecule has 2 aromatic rings. The molecule has 0 N–H and O–H groups in total. The lowest BCUT2D eigenvalue weighted by molar-refractivity contribution is 0.422. The minimum atomic E-state index is -1.68. The van der Waals surface area contributed by atoms with Gasteiger partial charge in [-0.3, -0.25) is 0 Å². The number of benzene rings is 1. The van der Waals surface area contributed by atoms with Crippen molar-refractivity contribution in [1.29, 1.82) is 0 Å². The van der Waals surface area contributed by atoms with Crippen LogP contribution in [-0.2, 0) is 3.49 Å². The number of alkyl halides is 3. The van der Waals surface area contributed by atoms with Crippen LogP contribution in [-0.4, -0.2) is 5.16 Å². The van der Waals surface area contributed by atoms with Crippen molar-refractivity contribution in [1.82, 2.24) is 5.16 Å². The molecule has 1 aromatic heterocycles. The van der Waals surface area contributed by atoms with E-state index in [1.165, 1.54) is 6.26 Å². The molecule has 0 aliphatic carbocycles. The van der Waals surface area contributed by atoms with Crippen molar-refractivity contribution in [3.8, 4) is 11.3 Å². The van der Waals surface area contributed by atoms with E-state index in [-0.39, 0.29) is 0 Å². The summed E-state index contributed by atoms with van der Waals surface area (Å²) in [7, 11) is 0. The Bertz CT molecular complexity index is 433. The van der Waals surface area contributed by atoms with Crippen molar-refractivity contribution in [2.24, 2.45) is 0 Å². The summed E-state index contributed by atoms with van der Waals surface area (Å²) < 4.78 is 16.4. The maximum Gasteiger partial charge on any atom is 0.244 e. The monoisotopic (exact) mass is 333 g/mol. The maximum atomic E-state index is 13.4. The zero-order chi connectivity index (χ0) is 10.9. The van der Waals surface area contributed by atoms with Crippen molar-refractivity contribution < 1.29 is 8.91 Å². The van der Waals surface area contributed by atoms with Crippen LogP contribution in [0.4, 0.5) is 4.39 Å². The van der Waals surface area contributed by atoms with Gasteiger partial charge in [-0.25, -0.2) is 4.39 Å². The van der Waals surface area contributed by atoms with Gasteiger partial charge in [0.2, 0.25) is 3.49 Å². The number of aromatic nitrogens is 1. The Morgan fingerprint density at radius 2 is 1.80 bits per heavy atom. The number of halogens is 3. The molecule has 0 atom stereocenters. The second kappa shape index (κ2) is 4.06. The van der Waals surface area contributed by atoms with Crippen LogP contribution in [0.25, 0.3) is 11.3 Å². The van der Waals surface area contributed by atoms with Crippen LogP contribution in [0.1, 0.15) is 5.56 Å². The smallest absolute Gasteiger partial charge is 0.244 e. The number of hydrogen-bond acceptors (Lipinski definition) is 2. The van der Waals surface area contributed by atoms with E-state index in [1.54, 1.807) is 30.3 Å². The summed E-state index contributed by atoms with van der Waals surface area (Å²) in [4.78, 5) is 0. The summed E-state index contributed by atoms with van der Waals surface area (Å²) in [6.07, 6.45) is 1.50. The fourth-order valence-electron chi connectivity index (χ4n) is 1.19. The van der Waals surface area contributed by atoms with Crippen molar-refractivity contribution in [2.45, 2.75) is 3.49 Å². The summed E-state index contributed by atoms with van der Waals surface area (Å²) in [6.45, 7) is 0. The first-order chi connectivity index (χ1) is 7.07. The molecule has 0 saturated heterocycles. The van der Waals surface area contributed by atoms with E-state index in [1.807, 2.05) is 0 Å². The highest BCUT2D eigenvalue weighted by molar-refractivity contribution is 9.24. The van der Waals surface area contributed by atoms with E-state index in [9.17, 15) is 4.39 Å². The molecule has 0 amide bonds. The van der Waals surface area contributed by atoms with Crippen molar-refractivity contribution >= 4 is 31.9 Å². The molecule has 1 heterocycles. The Labute approximate surface area is 103 Å². The van der Waals surface area contributed by atoms with E-state index in [0.717, 1.165) is 11.3 Å². The lowest BCUT2D eigenvalue weighted by Gasteiger charge is -2.10. The molecule has 0 aliphatic rings. The van der Waals surface area contributed by atoms with Crippen LogP contribution in [0.2, 0.25) is 0 Å². The largest absolute Gasteiger partial charge is 0.364 e. The van der Waals surface area contributed by atoms with Crippen LogP contribution < -0.4 is 0 Å². The van der Waals surface area contributed by atoms with Gasteiger partial charge in [0.15, 0.2) is 0 Å². The molecule has 15 heavy (non-hydrogen) atoms. The minimum absolute atomic E-state index is 0.495. The third-order valence-electron chi connectivity index (χ3n) is 1.95. The van der Waals surface area contributed by atoms with Crippen LogP contribution >= 0.6 is 31.9 Å². The molecular formula is C10H6Br2FNO. The average Bonchev–Trinajstić information content (AvgIpc) is 2.69. The van der Waals surface area contributed by atoms with E-state index in [4.69, 9.17) is 4.52 Å². The standard InChI is InChI=1S/C10H6Br2FNO/c11-10(12,13)8-3-1-7(2-4-8)9-5-6-15-14-9/h1-6H. The summed E-state index contributed by atoms with van der Waals surface area (Å²) in [5.74, 6) is 0. The van der Waals surface area contributed by atoms with Crippen LogP contribution in [0.3, 0.4) is 0 Å². The normalized spacial score (nSPS) is 11.7. The maximum absolute atomic E-state index is 13.4. The molecule has 0 aliphatic heterocycles. The molecule has 5 heteroatoms. The van der Waals surface area contributed by atoms with Gasteiger partial charge < -0.3 is 4.52 Å². The van der Waals surface area contributed by atoms with E-state index in [0.29, 0.717) is 5.56 Å². The summed E-state index contributed by atoms with van der Waals surface area (Å²) >= 11 is 5.75. The Morgan fingerprint density at radius 1 is 1.13 bits per heavy atom. The first-order valence-corrected chi connectivity index (χ1v) is 5.74. The van der Waals surface area contributed by atoms with Gasteiger partial charge in [-0.2, -0.15) is 0 Å². The van der Waals surface area contributed by atoms with Gasteiger partial charge in [-0.15, -0.1) is 0 Å². The molecule has 78 valence electrons. The van der Waals surface area contributed by atoms with E-state index >= 15 is 0 Å². The van der Waals surface area contributed by atoms with Crippen molar-refractivity contribution in [3.63, 3.8) is 0 Å². The molecule has 0 fully saturated rings. The second-order valence-electron chi connectivity index (χ2n) is 2.96. The molecule has 1 aromatic carbocycles. The van der Waals surface area contributed by atoms with Gasteiger partial charge in [0.1, 0.15) is 12.0 Å². The van der Waals surface area contributed by atoms with Crippen LogP contribution in [0.15, 0.2) is 41.1 Å². The average molecular weight is 335 g/mol.